The highest BCUT2D eigenvalue weighted by Gasteiger charge is 2.26. The number of carbonyl (C=O) groups is 1. The molecule has 146 valence electrons. The Labute approximate surface area is 166 Å². The Morgan fingerprint density at radius 3 is 2.29 bits per heavy atom. The number of sulfonamides is 1. The van der Waals surface area contributed by atoms with E-state index in [2.05, 4.69) is 5.32 Å². The van der Waals surface area contributed by atoms with Gasteiger partial charge in [-0.05, 0) is 35.4 Å². The van der Waals surface area contributed by atoms with Crippen LogP contribution in [0.1, 0.15) is 25.5 Å². The molecule has 0 saturated heterocycles. The molecule has 1 atom stereocenters. The summed E-state index contributed by atoms with van der Waals surface area (Å²) in [5, 5.41) is 4.69. The lowest BCUT2D eigenvalue weighted by Crippen LogP contribution is -2.41. The maximum Gasteiger partial charge on any atom is 0.243 e. The molecule has 0 fully saturated rings. The van der Waals surface area contributed by atoms with Crippen molar-refractivity contribution in [1.29, 1.82) is 0 Å². The molecule has 0 aliphatic rings. The van der Waals surface area contributed by atoms with Crippen molar-refractivity contribution >= 4 is 26.7 Å². The van der Waals surface area contributed by atoms with Gasteiger partial charge in [-0.1, -0.05) is 67.6 Å². The third-order valence-electron chi connectivity index (χ3n) is 4.71. The molecule has 28 heavy (non-hydrogen) atoms. The first-order valence-corrected chi connectivity index (χ1v) is 10.7. The first kappa shape index (κ1) is 20.0. The Hall–Kier alpha value is -2.70. The fraction of sp³-hybridized carbons (Fsp3) is 0.227. The molecule has 0 radical (unpaired) electrons. The molecule has 0 aliphatic heterocycles. The van der Waals surface area contributed by atoms with E-state index in [1.54, 1.807) is 25.1 Å². The molecule has 0 spiro atoms. The summed E-state index contributed by atoms with van der Waals surface area (Å²) in [6.45, 7) is 3.60. The SMILES string of the molecule is CCN(CC(=O)N[C@H](C)c1ccccc1)S(=O)(=O)c1ccc2ccccc2c1. The fourth-order valence-electron chi connectivity index (χ4n) is 3.12. The summed E-state index contributed by atoms with van der Waals surface area (Å²) >= 11 is 0. The van der Waals surface area contributed by atoms with Crippen molar-refractivity contribution in [3.63, 3.8) is 0 Å². The van der Waals surface area contributed by atoms with Gasteiger partial charge in [-0.2, -0.15) is 4.31 Å². The summed E-state index contributed by atoms with van der Waals surface area (Å²) in [6, 6.07) is 22.0. The number of hydrogen-bond acceptors (Lipinski definition) is 3. The Morgan fingerprint density at radius 1 is 0.964 bits per heavy atom. The van der Waals surface area contributed by atoms with Crippen LogP contribution in [0, 0.1) is 0 Å². The van der Waals surface area contributed by atoms with Gasteiger partial charge in [-0.25, -0.2) is 8.42 Å². The number of hydrogen-bond donors (Lipinski definition) is 1. The molecule has 0 aromatic heterocycles. The van der Waals surface area contributed by atoms with E-state index in [4.69, 9.17) is 0 Å². The molecule has 0 saturated carbocycles. The second-order valence-corrected chi connectivity index (χ2v) is 8.58. The van der Waals surface area contributed by atoms with Crippen LogP contribution in [-0.2, 0) is 14.8 Å². The van der Waals surface area contributed by atoms with Gasteiger partial charge in [-0.3, -0.25) is 4.79 Å². The lowest BCUT2D eigenvalue weighted by atomic mass is 10.1. The minimum Gasteiger partial charge on any atom is -0.348 e. The number of carbonyl (C=O) groups excluding carboxylic acids is 1. The van der Waals surface area contributed by atoms with Crippen LogP contribution in [0.2, 0.25) is 0 Å². The summed E-state index contributed by atoms with van der Waals surface area (Å²) in [7, 11) is -3.77. The largest absolute Gasteiger partial charge is 0.348 e. The minimum atomic E-state index is -3.77. The Morgan fingerprint density at radius 2 is 1.61 bits per heavy atom. The van der Waals surface area contributed by atoms with Crippen molar-refractivity contribution in [2.24, 2.45) is 0 Å². The van der Waals surface area contributed by atoms with E-state index in [1.165, 1.54) is 4.31 Å². The zero-order valence-electron chi connectivity index (χ0n) is 16.0. The molecule has 0 unspecified atom stereocenters. The number of amides is 1. The number of fused-ring (bicyclic) bond motifs is 1. The predicted octanol–water partition coefficient (Wildman–Crippen LogP) is 3.73. The highest BCUT2D eigenvalue weighted by molar-refractivity contribution is 7.89. The van der Waals surface area contributed by atoms with Gasteiger partial charge in [0.15, 0.2) is 0 Å². The van der Waals surface area contributed by atoms with E-state index >= 15 is 0 Å². The zero-order valence-corrected chi connectivity index (χ0v) is 16.8. The summed E-state index contributed by atoms with van der Waals surface area (Å²) < 4.78 is 27.3. The molecular formula is C22H24N2O3S. The van der Waals surface area contributed by atoms with Gasteiger partial charge in [0, 0.05) is 6.54 Å². The van der Waals surface area contributed by atoms with Crippen LogP contribution >= 0.6 is 0 Å². The van der Waals surface area contributed by atoms with Crippen LogP contribution in [0.5, 0.6) is 0 Å². The highest BCUT2D eigenvalue weighted by Crippen LogP contribution is 2.22. The minimum absolute atomic E-state index is 0.192. The monoisotopic (exact) mass is 396 g/mol. The lowest BCUT2D eigenvalue weighted by molar-refractivity contribution is -0.121. The molecule has 1 N–H and O–H groups in total. The first-order chi connectivity index (χ1) is 13.4. The van der Waals surface area contributed by atoms with Crippen molar-refractivity contribution in [3.05, 3.63) is 78.4 Å². The molecule has 0 heterocycles. The summed E-state index contributed by atoms with van der Waals surface area (Å²) in [5.74, 6) is -0.331. The smallest absolute Gasteiger partial charge is 0.243 e. The molecule has 0 aliphatic carbocycles. The van der Waals surface area contributed by atoms with Gasteiger partial charge in [0.1, 0.15) is 0 Å². The van der Waals surface area contributed by atoms with E-state index in [9.17, 15) is 13.2 Å². The van der Waals surface area contributed by atoms with E-state index in [-0.39, 0.29) is 29.9 Å². The number of likely N-dealkylation sites (N-methyl/N-ethyl adjacent to an activating group) is 1. The van der Waals surface area contributed by atoms with Crippen LogP contribution in [0.3, 0.4) is 0 Å². The predicted molar refractivity (Wildman–Crippen MR) is 111 cm³/mol. The second kappa shape index (κ2) is 8.54. The standard InChI is InChI=1S/C22H24N2O3S/c1-3-24(16-22(25)23-17(2)18-9-5-4-6-10-18)28(26,27)21-14-13-19-11-7-8-12-20(19)15-21/h4-15,17H,3,16H2,1-2H3,(H,23,25)/t17-/m1/s1. The Bertz CT molecular complexity index is 1070. The molecule has 0 bridgehead atoms. The Kier molecular flexibility index (Phi) is 6.11. The fourth-order valence-corrected chi connectivity index (χ4v) is 4.56. The number of benzene rings is 3. The quantitative estimate of drug-likeness (QED) is 0.662. The van der Waals surface area contributed by atoms with E-state index in [0.29, 0.717) is 0 Å². The average Bonchev–Trinajstić information content (AvgIpc) is 2.72. The summed E-state index contributed by atoms with van der Waals surface area (Å²) in [6.07, 6.45) is 0. The van der Waals surface area contributed by atoms with Crippen LogP contribution in [-0.4, -0.2) is 31.7 Å². The van der Waals surface area contributed by atoms with Gasteiger partial charge in [0.2, 0.25) is 15.9 Å². The maximum atomic E-state index is 13.0. The molecule has 3 aromatic rings. The molecule has 3 rings (SSSR count). The number of nitrogens with zero attached hydrogens (tertiary/aromatic N) is 1. The van der Waals surface area contributed by atoms with E-state index in [1.807, 2.05) is 61.5 Å². The van der Waals surface area contributed by atoms with Crippen molar-refractivity contribution in [1.82, 2.24) is 9.62 Å². The topological polar surface area (TPSA) is 66.5 Å². The zero-order chi connectivity index (χ0) is 20.1. The van der Waals surface area contributed by atoms with Crippen LogP contribution in [0.25, 0.3) is 10.8 Å². The number of nitrogens with one attached hydrogen (secondary N) is 1. The average molecular weight is 397 g/mol. The van der Waals surface area contributed by atoms with Gasteiger partial charge in [0.25, 0.3) is 0 Å². The van der Waals surface area contributed by atoms with Gasteiger partial charge >= 0.3 is 0 Å². The second-order valence-electron chi connectivity index (χ2n) is 6.64. The van der Waals surface area contributed by atoms with Crippen molar-refractivity contribution < 1.29 is 13.2 Å². The first-order valence-electron chi connectivity index (χ1n) is 9.25. The highest BCUT2D eigenvalue weighted by atomic mass is 32.2. The van der Waals surface area contributed by atoms with E-state index in [0.717, 1.165) is 16.3 Å². The molecule has 6 heteroatoms. The molecule has 3 aromatic carbocycles. The maximum absolute atomic E-state index is 13.0. The van der Waals surface area contributed by atoms with Crippen molar-refractivity contribution in [3.8, 4) is 0 Å². The molecule has 1 amide bonds. The van der Waals surface area contributed by atoms with E-state index < -0.39 is 10.0 Å². The normalized spacial score (nSPS) is 12.8. The summed E-state index contributed by atoms with van der Waals surface area (Å²) in [5.41, 5.74) is 0.969. The van der Waals surface area contributed by atoms with Gasteiger partial charge in [0.05, 0.1) is 17.5 Å². The third-order valence-corrected chi connectivity index (χ3v) is 6.63. The molecular weight excluding hydrogens is 372 g/mol. The third kappa shape index (κ3) is 4.40. The lowest BCUT2D eigenvalue weighted by Gasteiger charge is -2.22. The van der Waals surface area contributed by atoms with Crippen molar-refractivity contribution in [2.75, 3.05) is 13.1 Å². The van der Waals surface area contributed by atoms with Crippen molar-refractivity contribution in [2.45, 2.75) is 24.8 Å². The van der Waals surface area contributed by atoms with Gasteiger partial charge < -0.3 is 5.32 Å². The summed E-state index contributed by atoms with van der Waals surface area (Å²) in [4.78, 5) is 12.7. The van der Waals surface area contributed by atoms with Crippen LogP contribution in [0.15, 0.2) is 77.7 Å². The number of rotatable bonds is 7. The van der Waals surface area contributed by atoms with Crippen LogP contribution < -0.4 is 5.32 Å². The molecule has 5 nitrogen and oxygen atoms in total. The van der Waals surface area contributed by atoms with Crippen LogP contribution in [0.4, 0.5) is 0 Å². The van der Waals surface area contributed by atoms with Gasteiger partial charge in [-0.15, -0.1) is 0 Å². The Balaban J connectivity index is 1.76.